The molecule has 1 amide bonds. The van der Waals surface area contributed by atoms with E-state index in [0.29, 0.717) is 5.56 Å². The summed E-state index contributed by atoms with van der Waals surface area (Å²) in [5.41, 5.74) is 6.10. The molecule has 0 unspecified atom stereocenters. The van der Waals surface area contributed by atoms with Crippen molar-refractivity contribution in [2.75, 3.05) is 0 Å². The van der Waals surface area contributed by atoms with E-state index in [2.05, 4.69) is 10.4 Å². The van der Waals surface area contributed by atoms with E-state index in [-0.39, 0.29) is 10.9 Å². The van der Waals surface area contributed by atoms with Crippen LogP contribution in [-0.2, 0) is 0 Å². The molecule has 0 radical (unpaired) electrons. The van der Waals surface area contributed by atoms with Crippen molar-refractivity contribution in [3.8, 4) is 0 Å². The number of amides is 1. The Kier molecular flexibility index (Phi) is 3.04. The number of rotatable bonds is 3. The first kappa shape index (κ1) is 12.5. The number of thiocarbonyl (C=S) groups is 1. The molecule has 0 aromatic carbocycles. The smallest absolute Gasteiger partial charge is 0.255 e. The summed E-state index contributed by atoms with van der Waals surface area (Å²) in [6, 6.07) is 5.53. The minimum atomic E-state index is -0.727. The summed E-state index contributed by atoms with van der Waals surface area (Å²) < 4.78 is 1.64. The predicted molar refractivity (Wildman–Crippen MR) is 73.5 cm³/mol. The van der Waals surface area contributed by atoms with E-state index < -0.39 is 5.54 Å². The van der Waals surface area contributed by atoms with Crippen molar-refractivity contribution < 1.29 is 4.79 Å². The van der Waals surface area contributed by atoms with Crippen molar-refractivity contribution in [2.45, 2.75) is 19.4 Å². The first-order valence-electron chi connectivity index (χ1n) is 5.46. The molecule has 2 aromatic heterocycles. The number of nitrogens with zero attached hydrogens (tertiary/aromatic N) is 2. The molecule has 0 fully saturated rings. The van der Waals surface area contributed by atoms with Gasteiger partial charge in [0.25, 0.3) is 5.91 Å². The summed E-state index contributed by atoms with van der Waals surface area (Å²) in [6.45, 7) is 3.53. The molecular formula is C12H14N4OS. The minimum Gasteiger partial charge on any atom is -0.391 e. The number of hydrogen-bond donors (Lipinski definition) is 2. The van der Waals surface area contributed by atoms with Gasteiger partial charge in [-0.05, 0) is 26.0 Å². The molecule has 0 spiro atoms. The lowest BCUT2D eigenvalue weighted by molar-refractivity contribution is 0.0934. The first-order chi connectivity index (χ1) is 8.42. The Bertz CT molecular complexity index is 617. The van der Waals surface area contributed by atoms with Crippen molar-refractivity contribution in [3.05, 3.63) is 36.2 Å². The van der Waals surface area contributed by atoms with Gasteiger partial charge in [0.2, 0.25) is 0 Å². The molecule has 18 heavy (non-hydrogen) atoms. The van der Waals surface area contributed by atoms with Crippen LogP contribution in [0, 0.1) is 0 Å². The van der Waals surface area contributed by atoms with Crippen LogP contribution < -0.4 is 11.1 Å². The molecule has 0 aliphatic heterocycles. The first-order valence-corrected chi connectivity index (χ1v) is 5.87. The number of aromatic nitrogens is 2. The van der Waals surface area contributed by atoms with Gasteiger partial charge in [0, 0.05) is 6.20 Å². The SMILES string of the molecule is CC(C)(NC(=O)c1cnn2ccccc12)C(N)=S. The summed E-state index contributed by atoms with van der Waals surface area (Å²) in [7, 11) is 0. The second kappa shape index (κ2) is 4.38. The molecule has 2 rings (SSSR count). The average Bonchev–Trinajstić information content (AvgIpc) is 2.71. The Balaban J connectivity index is 2.32. The summed E-state index contributed by atoms with van der Waals surface area (Å²) in [6.07, 6.45) is 3.31. The highest BCUT2D eigenvalue weighted by molar-refractivity contribution is 7.80. The highest BCUT2D eigenvalue weighted by Crippen LogP contribution is 2.12. The molecular weight excluding hydrogens is 248 g/mol. The van der Waals surface area contributed by atoms with E-state index >= 15 is 0 Å². The van der Waals surface area contributed by atoms with Crippen LogP contribution in [0.25, 0.3) is 5.52 Å². The van der Waals surface area contributed by atoms with Crippen LogP contribution in [0.4, 0.5) is 0 Å². The highest BCUT2D eigenvalue weighted by Gasteiger charge is 2.25. The largest absolute Gasteiger partial charge is 0.391 e. The zero-order valence-corrected chi connectivity index (χ0v) is 11.0. The Morgan fingerprint density at radius 3 is 2.89 bits per heavy atom. The molecule has 0 aliphatic rings. The molecule has 0 atom stereocenters. The molecule has 2 aromatic rings. The van der Waals surface area contributed by atoms with Crippen molar-refractivity contribution in [1.29, 1.82) is 0 Å². The van der Waals surface area contributed by atoms with Crippen LogP contribution in [0.15, 0.2) is 30.6 Å². The predicted octanol–water partition coefficient (Wildman–Crippen LogP) is 1.13. The molecule has 3 N–H and O–H groups in total. The number of fused-ring (bicyclic) bond motifs is 1. The third kappa shape index (κ3) is 2.19. The zero-order chi connectivity index (χ0) is 13.3. The molecule has 0 aliphatic carbocycles. The lowest BCUT2D eigenvalue weighted by Gasteiger charge is -2.24. The quantitative estimate of drug-likeness (QED) is 0.813. The van der Waals surface area contributed by atoms with Gasteiger partial charge in [-0.25, -0.2) is 4.52 Å². The second-order valence-electron chi connectivity index (χ2n) is 4.53. The fourth-order valence-corrected chi connectivity index (χ4v) is 1.57. The van der Waals surface area contributed by atoms with E-state index in [9.17, 15) is 4.79 Å². The van der Waals surface area contributed by atoms with Gasteiger partial charge >= 0.3 is 0 Å². The van der Waals surface area contributed by atoms with Gasteiger partial charge in [-0.15, -0.1) is 0 Å². The van der Waals surface area contributed by atoms with Gasteiger partial charge in [-0.2, -0.15) is 5.10 Å². The standard InChI is InChI=1S/C12H14N4OS/c1-12(2,11(13)18)15-10(17)8-7-14-16-6-4-3-5-9(8)16/h3-7H,1-2H3,(H2,13,18)(H,15,17). The van der Waals surface area contributed by atoms with E-state index in [1.165, 1.54) is 6.20 Å². The molecule has 94 valence electrons. The summed E-state index contributed by atoms with van der Waals surface area (Å²) in [5, 5.41) is 6.90. The minimum absolute atomic E-state index is 0.242. The fraction of sp³-hybridized carbons (Fsp3) is 0.250. The number of carbonyl (C=O) groups is 1. The number of hydrogen-bond acceptors (Lipinski definition) is 3. The highest BCUT2D eigenvalue weighted by atomic mass is 32.1. The van der Waals surface area contributed by atoms with Crippen molar-refractivity contribution in [3.63, 3.8) is 0 Å². The maximum atomic E-state index is 12.2. The third-order valence-corrected chi connectivity index (χ3v) is 3.22. The lowest BCUT2D eigenvalue weighted by Crippen LogP contribution is -2.52. The van der Waals surface area contributed by atoms with Gasteiger partial charge < -0.3 is 11.1 Å². The maximum absolute atomic E-state index is 12.2. The van der Waals surface area contributed by atoms with E-state index in [1.54, 1.807) is 24.6 Å². The van der Waals surface area contributed by atoms with Crippen LogP contribution in [0.2, 0.25) is 0 Å². The maximum Gasteiger partial charge on any atom is 0.255 e. The van der Waals surface area contributed by atoms with Crippen LogP contribution in [0.3, 0.4) is 0 Å². The number of carbonyl (C=O) groups excluding carboxylic acids is 1. The Morgan fingerprint density at radius 1 is 1.50 bits per heavy atom. The van der Waals surface area contributed by atoms with Gasteiger partial charge in [-0.3, -0.25) is 4.79 Å². The second-order valence-corrected chi connectivity index (χ2v) is 4.97. The molecule has 5 nitrogen and oxygen atoms in total. The Hall–Kier alpha value is -1.95. The summed E-state index contributed by atoms with van der Waals surface area (Å²) in [4.78, 5) is 12.4. The summed E-state index contributed by atoms with van der Waals surface area (Å²) in [5.74, 6) is -0.242. The zero-order valence-electron chi connectivity index (χ0n) is 10.2. The molecule has 0 bridgehead atoms. The van der Waals surface area contributed by atoms with Gasteiger partial charge in [0.15, 0.2) is 0 Å². The number of nitrogens with two attached hydrogens (primary N) is 1. The van der Waals surface area contributed by atoms with Gasteiger partial charge in [0.05, 0.1) is 27.8 Å². The molecule has 6 heteroatoms. The molecule has 2 heterocycles. The van der Waals surface area contributed by atoms with Crippen molar-refractivity contribution in [2.24, 2.45) is 5.73 Å². The average molecular weight is 262 g/mol. The van der Waals surface area contributed by atoms with E-state index in [0.717, 1.165) is 5.52 Å². The third-order valence-electron chi connectivity index (χ3n) is 2.71. The topological polar surface area (TPSA) is 72.4 Å². The number of pyridine rings is 1. The van der Waals surface area contributed by atoms with E-state index in [1.807, 2.05) is 18.2 Å². The monoisotopic (exact) mass is 262 g/mol. The molecule has 0 saturated carbocycles. The summed E-state index contributed by atoms with van der Waals surface area (Å²) >= 11 is 4.92. The Morgan fingerprint density at radius 2 is 2.22 bits per heavy atom. The number of nitrogens with one attached hydrogen (secondary N) is 1. The van der Waals surface area contributed by atoms with Crippen molar-refractivity contribution in [1.82, 2.24) is 14.9 Å². The van der Waals surface area contributed by atoms with Crippen LogP contribution in [0.5, 0.6) is 0 Å². The van der Waals surface area contributed by atoms with Crippen LogP contribution in [-0.4, -0.2) is 26.0 Å². The van der Waals surface area contributed by atoms with Gasteiger partial charge in [-0.1, -0.05) is 18.3 Å². The lowest BCUT2D eigenvalue weighted by atomic mass is 10.1. The fourth-order valence-electron chi connectivity index (χ4n) is 1.52. The van der Waals surface area contributed by atoms with Crippen molar-refractivity contribution >= 4 is 28.6 Å². The molecule has 0 saturated heterocycles. The normalized spacial score (nSPS) is 11.4. The van der Waals surface area contributed by atoms with Crippen LogP contribution >= 0.6 is 12.2 Å². The van der Waals surface area contributed by atoms with E-state index in [4.69, 9.17) is 18.0 Å². The van der Waals surface area contributed by atoms with Gasteiger partial charge in [0.1, 0.15) is 0 Å². The Labute approximate surface area is 110 Å². The van der Waals surface area contributed by atoms with Crippen LogP contribution in [0.1, 0.15) is 24.2 Å².